The van der Waals surface area contributed by atoms with Crippen molar-refractivity contribution in [1.29, 1.82) is 0 Å². The lowest BCUT2D eigenvalue weighted by Crippen LogP contribution is -2.32. The van der Waals surface area contributed by atoms with Crippen LogP contribution in [0.5, 0.6) is 0 Å². The largest absolute Gasteiger partial charge is 0.268 e. The minimum atomic E-state index is -3.41. The average Bonchev–Trinajstić information content (AvgIpc) is 2.68. The molecule has 0 unspecified atom stereocenters. The smallest absolute Gasteiger partial charge is 0.233 e. The van der Waals surface area contributed by atoms with E-state index >= 15 is 0 Å². The molecule has 0 saturated carbocycles. The van der Waals surface area contributed by atoms with Crippen molar-refractivity contribution < 1.29 is 8.42 Å². The molecule has 0 radical (unpaired) electrons. The van der Waals surface area contributed by atoms with Gasteiger partial charge < -0.3 is 0 Å². The zero-order chi connectivity index (χ0) is 12.9. The Labute approximate surface area is 108 Å². The van der Waals surface area contributed by atoms with E-state index in [0.717, 1.165) is 30.6 Å². The number of aromatic nitrogens is 1. The second kappa shape index (κ2) is 6.47. The number of hydrogen-bond acceptors (Lipinski definition) is 4. The first-order chi connectivity index (χ1) is 7.92. The fourth-order valence-electron chi connectivity index (χ4n) is 1.55. The van der Waals surface area contributed by atoms with Crippen molar-refractivity contribution in [1.82, 2.24) is 9.71 Å². The van der Waals surface area contributed by atoms with E-state index in [1.165, 1.54) is 6.20 Å². The third-order valence-corrected chi connectivity index (χ3v) is 5.20. The third kappa shape index (κ3) is 5.14. The summed E-state index contributed by atoms with van der Waals surface area (Å²) >= 11 is 1.14. The van der Waals surface area contributed by atoms with E-state index in [1.807, 2.05) is 6.92 Å². The molecule has 4 nitrogen and oxygen atoms in total. The standard InChI is InChI=1S/C11H20N2O2S2/c1-9(2)5-4-6-10(3)13-17(14,15)11-12-7-8-16-11/h7-10,13H,4-6H2,1-3H3/t10-/m0/s1. The molecule has 1 aromatic rings. The van der Waals surface area contributed by atoms with Gasteiger partial charge in [-0.25, -0.2) is 18.1 Å². The summed E-state index contributed by atoms with van der Waals surface area (Å²) in [5, 5.41) is 1.66. The van der Waals surface area contributed by atoms with E-state index in [0.29, 0.717) is 5.92 Å². The maximum absolute atomic E-state index is 11.8. The zero-order valence-corrected chi connectivity index (χ0v) is 12.1. The molecule has 0 aliphatic heterocycles. The van der Waals surface area contributed by atoms with Crippen LogP contribution in [0.4, 0.5) is 0 Å². The molecule has 1 N–H and O–H groups in total. The first kappa shape index (κ1) is 14.6. The van der Waals surface area contributed by atoms with Crippen molar-refractivity contribution in [2.45, 2.75) is 50.4 Å². The maximum atomic E-state index is 11.8. The van der Waals surface area contributed by atoms with Crippen LogP contribution in [0.15, 0.2) is 15.9 Å². The fourth-order valence-corrected chi connectivity index (χ4v) is 3.68. The molecule has 0 aliphatic carbocycles. The van der Waals surface area contributed by atoms with Gasteiger partial charge in [-0.2, -0.15) is 0 Å². The van der Waals surface area contributed by atoms with Gasteiger partial charge in [-0.05, 0) is 19.3 Å². The number of hydrogen-bond donors (Lipinski definition) is 1. The molecule has 0 amide bonds. The van der Waals surface area contributed by atoms with Gasteiger partial charge in [-0.3, -0.25) is 0 Å². The summed E-state index contributed by atoms with van der Waals surface area (Å²) in [5.41, 5.74) is 0. The van der Waals surface area contributed by atoms with Gasteiger partial charge >= 0.3 is 0 Å². The molecule has 0 aromatic carbocycles. The number of nitrogens with zero attached hydrogens (tertiary/aromatic N) is 1. The van der Waals surface area contributed by atoms with Gasteiger partial charge in [-0.1, -0.05) is 26.7 Å². The Morgan fingerprint density at radius 1 is 1.35 bits per heavy atom. The van der Waals surface area contributed by atoms with Crippen LogP contribution in [0, 0.1) is 5.92 Å². The number of nitrogens with one attached hydrogen (secondary N) is 1. The van der Waals surface area contributed by atoms with Gasteiger partial charge in [0.05, 0.1) is 0 Å². The lowest BCUT2D eigenvalue weighted by Gasteiger charge is -2.13. The summed E-state index contributed by atoms with van der Waals surface area (Å²) in [6, 6.07) is -0.0392. The molecular weight excluding hydrogens is 256 g/mol. The SMILES string of the molecule is CC(C)CCC[C@H](C)NS(=O)(=O)c1nccs1. The zero-order valence-electron chi connectivity index (χ0n) is 10.5. The molecule has 0 fully saturated rings. The van der Waals surface area contributed by atoms with Crippen LogP contribution in [0.25, 0.3) is 0 Å². The van der Waals surface area contributed by atoms with Crippen LogP contribution in [-0.4, -0.2) is 19.4 Å². The normalized spacial score (nSPS) is 14.1. The minimum Gasteiger partial charge on any atom is -0.233 e. The molecule has 0 spiro atoms. The fraction of sp³-hybridized carbons (Fsp3) is 0.727. The van der Waals surface area contributed by atoms with E-state index in [4.69, 9.17) is 0 Å². The molecule has 17 heavy (non-hydrogen) atoms. The van der Waals surface area contributed by atoms with Crippen LogP contribution < -0.4 is 4.72 Å². The predicted molar refractivity (Wildman–Crippen MR) is 70.6 cm³/mol. The van der Waals surface area contributed by atoms with Crippen LogP contribution in [0.3, 0.4) is 0 Å². The number of thiazole rings is 1. The summed E-state index contributed by atoms with van der Waals surface area (Å²) in [7, 11) is -3.41. The van der Waals surface area contributed by atoms with Crippen LogP contribution >= 0.6 is 11.3 Å². The quantitative estimate of drug-likeness (QED) is 0.833. The maximum Gasteiger partial charge on any atom is 0.268 e. The average molecular weight is 276 g/mol. The molecule has 1 heterocycles. The Balaban J connectivity index is 2.43. The monoisotopic (exact) mass is 276 g/mol. The highest BCUT2D eigenvalue weighted by molar-refractivity contribution is 7.91. The Kier molecular flexibility index (Phi) is 5.55. The van der Waals surface area contributed by atoms with Crippen molar-refractivity contribution in [3.05, 3.63) is 11.6 Å². The van der Waals surface area contributed by atoms with Gasteiger partial charge in [0.1, 0.15) is 0 Å². The topological polar surface area (TPSA) is 59.1 Å². The molecule has 0 aliphatic rings. The molecule has 0 bridgehead atoms. The van der Waals surface area contributed by atoms with Gasteiger partial charge in [0.25, 0.3) is 10.0 Å². The Hall–Kier alpha value is -0.460. The van der Waals surface area contributed by atoms with Crippen molar-refractivity contribution in [3.8, 4) is 0 Å². The van der Waals surface area contributed by atoms with Gasteiger partial charge in [0.2, 0.25) is 4.34 Å². The second-order valence-corrected chi connectivity index (χ2v) is 7.43. The molecule has 1 rings (SSSR count). The predicted octanol–water partition coefficient (Wildman–Crippen LogP) is 2.64. The summed E-state index contributed by atoms with van der Waals surface area (Å²) < 4.78 is 26.5. The van der Waals surface area contributed by atoms with Crippen LogP contribution in [-0.2, 0) is 10.0 Å². The first-order valence-corrected chi connectivity index (χ1v) is 8.20. The number of sulfonamides is 1. The summed E-state index contributed by atoms with van der Waals surface area (Å²) in [4.78, 5) is 3.82. The van der Waals surface area contributed by atoms with Gasteiger partial charge in [0.15, 0.2) is 0 Å². The van der Waals surface area contributed by atoms with E-state index < -0.39 is 10.0 Å². The van der Waals surface area contributed by atoms with Crippen molar-refractivity contribution in [2.75, 3.05) is 0 Å². The van der Waals surface area contributed by atoms with E-state index in [9.17, 15) is 8.42 Å². The molecule has 1 atom stereocenters. The van der Waals surface area contributed by atoms with Gasteiger partial charge in [0, 0.05) is 17.6 Å². The van der Waals surface area contributed by atoms with Crippen LogP contribution in [0.1, 0.15) is 40.0 Å². The van der Waals surface area contributed by atoms with E-state index in [1.54, 1.807) is 5.38 Å². The van der Waals surface area contributed by atoms with Crippen molar-refractivity contribution in [3.63, 3.8) is 0 Å². The Bertz CT molecular complexity index is 413. The van der Waals surface area contributed by atoms with Crippen molar-refractivity contribution >= 4 is 21.4 Å². The Morgan fingerprint density at radius 3 is 2.59 bits per heavy atom. The molecule has 1 aromatic heterocycles. The van der Waals surface area contributed by atoms with E-state index in [2.05, 4.69) is 23.6 Å². The highest BCUT2D eigenvalue weighted by atomic mass is 32.2. The summed E-state index contributed by atoms with van der Waals surface area (Å²) in [6.45, 7) is 6.24. The lowest BCUT2D eigenvalue weighted by molar-refractivity contribution is 0.488. The molecule has 6 heteroatoms. The Morgan fingerprint density at radius 2 is 2.06 bits per heavy atom. The van der Waals surface area contributed by atoms with E-state index in [-0.39, 0.29) is 10.4 Å². The highest BCUT2D eigenvalue weighted by Crippen LogP contribution is 2.14. The van der Waals surface area contributed by atoms with Crippen LogP contribution in [0.2, 0.25) is 0 Å². The lowest BCUT2D eigenvalue weighted by atomic mass is 10.0. The molecular formula is C11H20N2O2S2. The first-order valence-electron chi connectivity index (χ1n) is 5.83. The summed E-state index contributed by atoms with van der Waals surface area (Å²) in [6.07, 6.45) is 4.54. The van der Waals surface area contributed by atoms with Crippen molar-refractivity contribution in [2.24, 2.45) is 5.92 Å². The molecule has 0 saturated heterocycles. The highest BCUT2D eigenvalue weighted by Gasteiger charge is 2.19. The second-order valence-electron chi connectivity index (χ2n) is 4.65. The van der Waals surface area contributed by atoms with Gasteiger partial charge in [-0.15, -0.1) is 11.3 Å². The molecule has 98 valence electrons. The minimum absolute atomic E-state index is 0.0392. The third-order valence-electron chi connectivity index (χ3n) is 2.41. The number of rotatable bonds is 7. The summed E-state index contributed by atoms with van der Waals surface area (Å²) in [5.74, 6) is 0.665.